The summed E-state index contributed by atoms with van der Waals surface area (Å²) in [4.78, 5) is 10.7. The van der Waals surface area contributed by atoms with Crippen LogP contribution in [0.3, 0.4) is 0 Å². The predicted molar refractivity (Wildman–Crippen MR) is 94.9 cm³/mol. The molecule has 2 N–H and O–H groups in total. The Morgan fingerprint density at radius 1 is 1.00 bits per heavy atom. The summed E-state index contributed by atoms with van der Waals surface area (Å²) in [5.41, 5.74) is 5.13. The van der Waals surface area contributed by atoms with Gasteiger partial charge in [0.05, 0.1) is 0 Å². The Balaban J connectivity index is 0.000000664. The maximum absolute atomic E-state index is 10.7. The molecular weight excluding hydrogens is 310 g/mol. The van der Waals surface area contributed by atoms with Gasteiger partial charge in [-0.15, -0.1) is 0 Å². The standard InChI is InChI=1S/C11H25NO4Si.C6H6/c1-5-14-17(15-6-2,16-10(3)4)9-7-8-11(12)13;1-2-4-6-5-3-1/h10H,5-9H2,1-4H3,(H2,12,13);1-6H. The van der Waals surface area contributed by atoms with E-state index in [1.165, 1.54) is 0 Å². The van der Waals surface area contributed by atoms with E-state index in [4.69, 9.17) is 19.0 Å². The minimum absolute atomic E-state index is 0.0494. The normalized spacial score (nSPS) is 11.0. The summed E-state index contributed by atoms with van der Waals surface area (Å²) in [6.45, 7) is 8.84. The van der Waals surface area contributed by atoms with Crippen molar-refractivity contribution < 1.29 is 18.1 Å². The lowest BCUT2D eigenvalue weighted by Gasteiger charge is -2.30. The van der Waals surface area contributed by atoms with Crippen LogP contribution in [0.4, 0.5) is 0 Å². The van der Waals surface area contributed by atoms with E-state index in [9.17, 15) is 4.79 Å². The van der Waals surface area contributed by atoms with Crippen molar-refractivity contribution in [1.29, 1.82) is 0 Å². The molecule has 1 rings (SSSR count). The Morgan fingerprint density at radius 3 is 1.74 bits per heavy atom. The van der Waals surface area contributed by atoms with Crippen molar-refractivity contribution in [2.45, 2.75) is 52.7 Å². The molecule has 23 heavy (non-hydrogen) atoms. The summed E-state index contributed by atoms with van der Waals surface area (Å²) in [5.74, 6) is -0.301. The van der Waals surface area contributed by atoms with Crippen LogP contribution < -0.4 is 5.73 Å². The Kier molecular flexibility index (Phi) is 12.5. The smallest absolute Gasteiger partial charge is 0.374 e. The van der Waals surface area contributed by atoms with Crippen LogP contribution in [0, 0.1) is 0 Å². The molecule has 0 aliphatic heterocycles. The molecule has 1 amide bonds. The summed E-state index contributed by atoms with van der Waals surface area (Å²) in [6.07, 6.45) is 1.04. The van der Waals surface area contributed by atoms with Crippen molar-refractivity contribution in [2.24, 2.45) is 5.73 Å². The Hall–Kier alpha value is -1.21. The highest BCUT2D eigenvalue weighted by molar-refractivity contribution is 6.60. The lowest BCUT2D eigenvalue weighted by atomic mass is 10.3. The number of hydrogen-bond donors (Lipinski definition) is 1. The van der Waals surface area contributed by atoms with E-state index >= 15 is 0 Å². The molecule has 1 aromatic carbocycles. The van der Waals surface area contributed by atoms with Crippen molar-refractivity contribution in [3.05, 3.63) is 36.4 Å². The number of primary amides is 1. The highest BCUT2D eigenvalue weighted by atomic mass is 28.4. The molecule has 0 heterocycles. The van der Waals surface area contributed by atoms with Gasteiger partial charge in [0.1, 0.15) is 0 Å². The molecule has 0 saturated carbocycles. The Labute approximate surface area is 141 Å². The number of nitrogens with two attached hydrogens (primary N) is 1. The molecule has 0 spiro atoms. The highest BCUT2D eigenvalue weighted by Gasteiger charge is 2.41. The van der Waals surface area contributed by atoms with Crippen LogP contribution in [0.2, 0.25) is 6.04 Å². The molecule has 0 bridgehead atoms. The van der Waals surface area contributed by atoms with Crippen LogP contribution in [0.1, 0.15) is 40.5 Å². The first kappa shape index (κ1) is 21.8. The first-order valence-corrected chi connectivity index (χ1v) is 10.1. The van der Waals surface area contributed by atoms with Gasteiger partial charge >= 0.3 is 8.80 Å². The van der Waals surface area contributed by atoms with Crippen LogP contribution in [0.15, 0.2) is 36.4 Å². The summed E-state index contributed by atoms with van der Waals surface area (Å²) in [7, 11) is -2.63. The fraction of sp³-hybridized carbons (Fsp3) is 0.588. The van der Waals surface area contributed by atoms with Crippen molar-refractivity contribution in [3.63, 3.8) is 0 Å². The van der Waals surface area contributed by atoms with Crippen LogP contribution in [-0.4, -0.2) is 34.0 Å². The van der Waals surface area contributed by atoms with E-state index in [1.54, 1.807) is 0 Å². The highest BCUT2D eigenvalue weighted by Crippen LogP contribution is 2.20. The molecule has 0 unspecified atom stereocenters. The topological polar surface area (TPSA) is 70.8 Å². The van der Waals surface area contributed by atoms with Gasteiger partial charge in [-0.1, -0.05) is 36.4 Å². The molecular formula is C17H31NO4Si. The molecule has 0 aliphatic rings. The van der Waals surface area contributed by atoms with Gasteiger partial charge in [-0.05, 0) is 34.1 Å². The third-order valence-corrected chi connectivity index (χ3v) is 5.97. The third kappa shape index (κ3) is 11.9. The predicted octanol–water partition coefficient (Wildman–Crippen LogP) is 3.38. The molecule has 0 aliphatic carbocycles. The van der Waals surface area contributed by atoms with Gasteiger partial charge < -0.3 is 19.0 Å². The van der Waals surface area contributed by atoms with Gasteiger partial charge in [0, 0.05) is 31.8 Å². The lowest BCUT2D eigenvalue weighted by molar-refractivity contribution is -0.118. The van der Waals surface area contributed by atoms with E-state index in [2.05, 4.69) is 0 Å². The van der Waals surface area contributed by atoms with E-state index in [1.807, 2.05) is 64.1 Å². The summed E-state index contributed by atoms with van der Waals surface area (Å²) < 4.78 is 17.3. The van der Waals surface area contributed by atoms with Gasteiger partial charge in [0.2, 0.25) is 5.91 Å². The van der Waals surface area contributed by atoms with E-state index in [-0.39, 0.29) is 12.0 Å². The number of hydrogen-bond acceptors (Lipinski definition) is 4. The van der Waals surface area contributed by atoms with E-state index in [0.717, 1.165) is 0 Å². The Bertz CT molecular complexity index is 368. The lowest BCUT2D eigenvalue weighted by Crippen LogP contribution is -2.47. The zero-order valence-corrected chi connectivity index (χ0v) is 15.8. The number of carbonyl (C=O) groups excluding carboxylic acids is 1. The monoisotopic (exact) mass is 341 g/mol. The quantitative estimate of drug-likeness (QED) is 0.662. The largest absolute Gasteiger partial charge is 0.501 e. The average Bonchev–Trinajstić information content (AvgIpc) is 2.49. The van der Waals surface area contributed by atoms with Gasteiger partial charge in [-0.3, -0.25) is 4.79 Å². The summed E-state index contributed by atoms with van der Waals surface area (Å²) in [5, 5.41) is 0. The van der Waals surface area contributed by atoms with Gasteiger partial charge in [0.15, 0.2) is 0 Å². The number of carbonyl (C=O) groups is 1. The van der Waals surface area contributed by atoms with Crippen molar-refractivity contribution in [3.8, 4) is 0 Å². The summed E-state index contributed by atoms with van der Waals surface area (Å²) in [6, 6.07) is 12.6. The molecule has 132 valence electrons. The van der Waals surface area contributed by atoms with Crippen LogP contribution in [0.5, 0.6) is 0 Å². The fourth-order valence-electron chi connectivity index (χ4n) is 1.98. The van der Waals surface area contributed by atoms with E-state index < -0.39 is 8.80 Å². The first-order chi connectivity index (χ1) is 11.0. The van der Waals surface area contributed by atoms with Gasteiger partial charge in [-0.2, -0.15) is 0 Å². The maximum Gasteiger partial charge on any atom is 0.501 e. The van der Waals surface area contributed by atoms with Crippen molar-refractivity contribution in [2.75, 3.05) is 13.2 Å². The minimum Gasteiger partial charge on any atom is -0.374 e. The zero-order valence-electron chi connectivity index (χ0n) is 14.8. The van der Waals surface area contributed by atoms with Crippen LogP contribution >= 0.6 is 0 Å². The molecule has 0 saturated heterocycles. The minimum atomic E-state index is -2.63. The number of benzene rings is 1. The fourth-order valence-corrected chi connectivity index (χ4v) is 4.81. The average molecular weight is 342 g/mol. The second kappa shape index (κ2) is 13.2. The maximum atomic E-state index is 10.7. The molecule has 1 aromatic rings. The third-order valence-electron chi connectivity index (χ3n) is 2.72. The molecule has 5 nitrogen and oxygen atoms in total. The Morgan fingerprint density at radius 2 is 1.43 bits per heavy atom. The van der Waals surface area contributed by atoms with Crippen molar-refractivity contribution >= 4 is 14.7 Å². The van der Waals surface area contributed by atoms with E-state index in [0.29, 0.717) is 32.1 Å². The SMILES string of the molecule is CCO[Si](CCCC(N)=O)(OCC)OC(C)C.c1ccccc1. The second-order valence-electron chi connectivity index (χ2n) is 5.19. The van der Waals surface area contributed by atoms with Gasteiger partial charge in [-0.25, -0.2) is 0 Å². The molecule has 0 radical (unpaired) electrons. The number of amides is 1. The zero-order chi connectivity index (χ0) is 17.6. The summed E-state index contributed by atoms with van der Waals surface area (Å²) >= 11 is 0. The van der Waals surface area contributed by atoms with Crippen LogP contribution in [0.25, 0.3) is 0 Å². The molecule has 6 heteroatoms. The number of rotatable bonds is 10. The first-order valence-electron chi connectivity index (χ1n) is 8.19. The van der Waals surface area contributed by atoms with Crippen molar-refractivity contribution in [1.82, 2.24) is 0 Å². The molecule has 0 atom stereocenters. The van der Waals surface area contributed by atoms with Crippen LogP contribution in [-0.2, 0) is 18.1 Å². The van der Waals surface area contributed by atoms with Gasteiger partial charge in [0.25, 0.3) is 0 Å². The molecule has 0 aromatic heterocycles. The molecule has 0 fully saturated rings. The second-order valence-corrected chi connectivity index (χ2v) is 7.87.